The van der Waals surface area contributed by atoms with Crippen LogP contribution in [0.15, 0.2) is 47.1 Å². The fourth-order valence-corrected chi connectivity index (χ4v) is 3.29. The molecule has 0 aliphatic carbocycles. The fraction of sp³-hybridized carbons (Fsp3) is 0.333. The Kier molecular flexibility index (Phi) is 5.69. The van der Waals surface area contributed by atoms with Gasteiger partial charge >= 0.3 is 0 Å². The summed E-state index contributed by atoms with van der Waals surface area (Å²) in [6, 6.07) is 11.0. The first kappa shape index (κ1) is 18.9. The molecule has 0 saturated carbocycles. The number of hydrogen-bond donors (Lipinski definition) is 1. The van der Waals surface area contributed by atoms with Crippen molar-refractivity contribution in [3.8, 4) is 5.75 Å². The number of ether oxygens (including phenoxy) is 1. The SMILES string of the molecule is O=C(NCCCN1CCCC1=O)c1cc(COc2ccc3ncccc3c2)on1. The highest BCUT2D eigenvalue weighted by Gasteiger charge is 2.19. The normalized spacial score (nSPS) is 13.8. The van der Waals surface area contributed by atoms with Crippen molar-refractivity contribution >= 4 is 22.7 Å². The minimum atomic E-state index is -0.301. The predicted molar refractivity (Wildman–Crippen MR) is 105 cm³/mol. The summed E-state index contributed by atoms with van der Waals surface area (Å²) in [5.74, 6) is 1.04. The van der Waals surface area contributed by atoms with Crippen molar-refractivity contribution in [3.63, 3.8) is 0 Å². The molecule has 0 radical (unpaired) electrons. The van der Waals surface area contributed by atoms with Gasteiger partial charge in [-0.1, -0.05) is 11.2 Å². The lowest BCUT2D eigenvalue weighted by atomic mass is 10.2. The molecule has 1 aliphatic heterocycles. The van der Waals surface area contributed by atoms with Gasteiger partial charge < -0.3 is 19.5 Å². The van der Waals surface area contributed by atoms with E-state index < -0.39 is 0 Å². The molecule has 1 fully saturated rings. The first-order chi connectivity index (χ1) is 14.2. The van der Waals surface area contributed by atoms with Gasteiger partial charge in [-0.15, -0.1) is 0 Å². The lowest BCUT2D eigenvalue weighted by Crippen LogP contribution is -2.30. The van der Waals surface area contributed by atoms with Gasteiger partial charge in [0, 0.05) is 43.7 Å². The average molecular weight is 394 g/mol. The number of rotatable bonds is 8. The molecule has 1 aliphatic rings. The first-order valence-electron chi connectivity index (χ1n) is 9.68. The molecule has 3 heterocycles. The summed E-state index contributed by atoms with van der Waals surface area (Å²) in [4.78, 5) is 29.8. The van der Waals surface area contributed by atoms with E-state index in [1.807, 2.05) is 35.2 Å². The summed E-state index contributed by atoms with van der Waals surface area (Å²) in [5.41, 5.74) is 1.11. The third kappa shape index (κ3) is 4.71. The molecule has 0 unspecified atom stereocenters. The van der Waals surface area contributed by atoms with E-state index in [0.717, 1.165) is 23.9 Å². The Hall–Kier alpha value is -3.42. The Labute approximate surface area is 167 Å². The molecule has 2 aromatic heterocycles. The topological polar surface area (TPSA) is 97.6 Å². The van der Waals surface area contributed by atoms with Crippen LogP contribution >= 0.6 is 0 Å². The van der Waals surface area contributed by atoms with Crippen molar-refractivity contribution in [3.05, 3.63) is 54.0 Å². The van der Waals surface area contributed by atoms with Gasteiger partial charge in [-0.25, -0.2) is 0 Å². The second-order valence-corrected chi connectivity index (χ2v) is 6.92. The number of nitrogens with zero attached hydrogens (tertiary/aromatic N) is 3. The number of amides is 2. The van der Waals surface area contributed by atoms with Gasteiger partial charge in [0.15, 0.2) is 11.5 Å². The van der Waals surface area contributed by atoms with Crippen LogP contribution in [0.4, 0.5) is 0 Å². The van der Waals surface area contributed by atoms with Crippen molar-refractivity contribution in [1.29, 1.82) is 0 Å². The molecule has 3 aromatic rings. The zero-order chi connectivity index (χ0) is 20.1. The van der Waals surface area contributed by atoms with Crippen molar-refractivity contribution < 1.29 is 18.8 Å². The summed E-state index contributed by atoms with van der Waals surface area (Å²) in [6.07, 6.45) is 4.01. The van der Waals surface area contributed by atoms with Crippen LogP contribution in [-0.2, 0) is 11.4 Å². The molecule has 8 heteroatoms. The van der Waals surface area contributed by atoms with Crippen LogP contribution in [0.1, 0.15) is 35.5 Å². The molecule has 8 nitrogen and oxygen atoms in total. The minimum Gasteiger partial charge on any atom is -0.486 e. The van der Waals surface area contributed by atoms with Gasteiger partial charge in [-0.3, -0.25) is 14.6 Å². The summed E-state index contributed by atoms with van der Waals surface area (Å²) >= 11 is 0. The predicted octanol–water partition coefficient (Wildman–Crippen LogP) is 2.54. The number of pyridine rings is 1. The average Bonchev–Trinajstić information content (AvgIpc) is 3.38. The number of hydrogen-bond acceptors (Lipinski definition) is 6. The molecule has 4 rings (SSSR count). The van der Waals surface area contributed by atoms with E-state index in [9.17, 15) is 9.59 Å². The molecule has 29 heavy (non-hydrogen) atoms. The molecule has 0 bridgehead atoms. The summed E-state index contributed by atoms with van der Waals surface area (Å²) in [6.45, 7) is 2.13. The van der Waals surface area contributed by atoms with E-state index in [1.54, 1.807) is 12.3 Å². The van der Waals surface area contributed by atoms with Crippen molar-refractivity contribution in [2.45, 2.75) is 25.9 Å². The lowest BCUT2D eigenvalue weighted by Gasteiger charge is -2.14. The second-order valence-electron chi connectivity index (χ2n) is 6.92. The van der Waals surface area contributed by atoms with Crippen molar-refractivity contribution in [2.24, 2.45) is 0 Å². The molecule has 1 aromatic carbocycles. The number of nitrogens with one attached hydrogen (secondary N) is 1. The van der Waals surface area contributed by atoms with Crippen LogP contribution in [-0.4, -0.2) is 46.5 Å². The molecule has 0 spiro atoms. The van der Waals surface area contributed by atoms with Crippen LogP contribution in [0.5, 0.6) is 5.75 Å². The van der Waals surface area contributed by atoms with E-state index >= 15 is 0 Å². The minimum absolute atomic E-state index is 0.170. The van der Waals surface area contributed by atoms with Crippen LogP contribution in [0.3, 0.4) is 0 Å². The zero-order valence-corrected chi connectivity index (χ0v) is 16.0. The molecule has 2 amide bonds. The van der Waals surface area contributed by atoms with Crippen molar-refractivity contribution in [2.75, 3.05) is 19.6 Å². The molecule has 1 saturated heterocycles. The number of aromatic nitrogens is 2. The number of fused-ring (bicyclic) bond motifs is 1. The molecular formula is C21H22N4O4. The number of carbonyl (C=O) groups excluding carboxylic acids is 2. The Bertz CT molecular complexity index is 1020. The summed E-state index contributed by atoms with van der Waals surface area (Å²) in [5, 5.41) is 7.59. The Balaban J connectivity index is 1.24. The van der Waals surface area contributed by atoms with Crippen molar-refractivity contribution in [1.82, 2.24) is 20.4 Å². The Morgan fingerprint density at radius 3 is 3.07 bits per heavy atom. The summed E-state index contributed by atoms with van der Waals surface area (Å²) < 4.78 is 10.9. The molecule has 150 valence electrons. The standard InChI is InChI=1S/C21H22N4O4/c26-20-5-2-10-25(20)11-3-9-23-21(27)19-13-17(29-24-19)14-28-16-6-7-18-15(12-16)4-1-8-22-18/h1,4,6-8,12-13H,2-3,5,9-11,14H2,(H,23,27). The van der Waals surface area contributed by atoms with Gasteiger partial charge in [0.1, 0.15) is 12.4 Å². The van der Waals surface area contributed by atoms with Gasteiger partial charge in [-0.05, 0) is 37.1 Å². The molecule has 1 N–H and O–H groups in total. The molecule has 0 atom stereocenters. The highest BCUT2D eigenvalue weighted by atomic mass is 16.5. The quantitative estimate of drug-likeness (QED) is 0.590. The zero-order valence-electron chi connectivity index (χ0n) is 16.0. The summed E-state index contributed by atoms with van der Waals surface area (Å²) in [7, 11) is 0. The van der Waals surface area contributed by atoms with Crippen LogP contribution in [0.25, 0.3) is 10.9 Å². The first-order valence-corrected chi connectivity index (χ1v) is 9.68. The van der Waals surface area contributed by atoms with Gasteiger partial charge in [0.25, 0.3) is 5.91 Å². The maximum Gasteiger partial charge on any atom is 0.273 e. The highest BCUT2D eigenvalue weighted by Crippen LogP contribution is 2.20. The van der Waals surface area contributed by atoms with E-state index in [1.165, 1.54) is 0 Å². The lowest BCUT2D eigenvalue weighted by molar-refractivity contribution is -0.127. The number of likely N-dealkylation sites (tertiary alicyclic amines) is 1. The van der Waals surface area contributed by atoms with E-state index in [0.29, 0.717) is 37.4 Å². The Morgan fingerprint density at radius 2 is 2.21 bits per heavy atom. The van der Waals surface area contributed by atoms with Gasteiger partial charge in [0.2, 0.25) is 5.91 Å². The Morgan fingerprint density at radius 1 is 1.28 bits per heavy atom. The van der Waals surface area contributed by atoms with Gasteiger partial charge in [-0.2, -0.15) is 0 Å². The largest absolute Gasteiger partial charge is 0.486 e. The van der Waals surface area contributed by atoms with Crippen LogP contribution < -0.4 is 10.1 Å². The maximum atomic E-state index is 12.2. The third-order valence-electron chi connectivity index (χ3n) is 4.81. The highest BCUT2D eigenvalue weighted by molar-refractivity contribution is 5.92. The van der Waals surface area contributed by atoms with Crippen LogP contribution in [0.2, 0.25) is 0 Å². The maximum absolute atomic E-state index is 12.2. The van der Waals surface area contributed by atoms with Gasteiger partial charge in [0.05, 0.1) is 5.52 Å². The number of benzene rings is 1. The van der Waals surface area contributed by atoms with Crippen LogP contribution in [0, 0.1) is 0 Å². The second kappa shape index (κ2) is 8.72. The van der Waals surface area contributed by atoms with E-state index in [2.05, 4.69) is 15.5 Å². The number of carbonyl (C=O) groups is 2. The smallest absolute Gasteiger partial charge is 0.273 e. The van der Waals surface area contributed by atoms with E-state index in [4.69, 9.17) is 9.26 Å². The molecular weight excluding hydrogens is 372 g/mol. The third-order valence-corrected chi connectivity index (χ3v) is 4.81. The van der Waals surface area contributed by atoms with E-state index in [-0.39, 0.29) is 24.1 Å². The fourth-order valence-electron chi connectivity index (χ4n) is 3.29. The monoisotopic (exact) mass is 394 g/mol.